The van der Waals surface area contributed by atoms with Crippen molar-refractivity contribution in [1.29, 1.82) is 0 Å². The highest BCUT2D eigenvalue weighted by Crippen LogP contribution is 2.26. The van der Waals surface area contributed by atoms with E-state index in [1.807, 2.05) is 6.07 Å². The molecule has 5 rings (SSSR count). The van der Waals surface area contributed by atoms with Crippen molar-refractivity contribution in [2.75, 3.05) is 6.61 Å². The van der Waals surface area contributed by atoms with E-state index in [1.165, 1.54) is 36.4 Å². The van der Waals surface area contributed by atoms with Gasteiger partial charge in [-0.3, -0.25) is 19.3 Å². The van der Waals surface area contributed by atoms with Crippen LogP contribution >= 0.6 is 0 Å². The number of carbonyl (C=O) groups is 5. The van der Waals surface area contributed by atoms with E-state index in [2.05, 4.69) is 0 Å². The van der Waals surface area contributed by atoms with Crippen LogP contribution in [0.2, 0.25) is 0 Å². The Labute approximate surface area is 229 Å². The molecule has 198 valence electrons. The number of hydrogen-bond donors (Lipinski definition) is 0. The van der Waals surface area contributed by atoms with Crippen LogP contribution in [-0.4, -0.2) is 47.1 Å². The maximum absolute atomic E-state index is 13.2. The third-order valence-electron chi connectivity index (χ3n) is 6.42. The van der Waals surface area contributed by atoms with Crippen molar-refractivity contribution in [1.82, 2.24) is 4.90 Å². The highest BCUT2D eigenvalue weighted by molar-refractivity contribution is 6.22. The zero-order valence-corrected chi connectivity index (χ0v) is 21.2. The lowest BCUT2D eigenvalue weighted by Gasteiger charge is -2.24. The summed E-state index contributed by atoms with van der Waals surface area (Å²) in [6, 6.07) is 28.3. The van der Waals surface area contributed by atoms with Gasteiger partial charge in [-0.05, 0) is 54.1 Å². The number of hydrogen-bond acceptors (Lipinski definition) is 7. The van der Waals surface area contributed by atoms with E-state index in [0.29, 0.717) is 11.1 Å². The Kier molecular flexibility index (Phi) is 7.59. The molecule has 0 radical (unpaired) electrons. The fourth-order valence-electron chi connectivity index (χ4n) is 4.37. The molecule has 1 unspecified atom stereocenters. The summed E-state index contributed by atoms with van der Waals surface area (Å²) in [5.74, 6) is -2.85. The lowest BCUT2D eigenvalue weighted by molar-refractivity contribution is -0.147. The number of Topliss-reactive ketones (excluding diaryl/α,β-unsaturated/α-hetero) is 1. The maximum Gasteiger partial charge on any atom is 0.343 e. The third kappa shape index (κ3) is 5.56. The van der Waals surface area contributed by atoms with Crippen LogP contribution in [0, 0.1) is 0 Å². The Balaban J connectivity index is 1.26. The van der Waals surface area contributed by atoms with Gasteiger partial charge < -0.3 is 9.47 Å². The fourth-order valence-corrected chi connectivity index (χ4v) is 4.37. The van der Waals surface area contributed by atoms with Gasteiger partial charge in [-0.15, -0.1) is 0 Å². The largest absolute Gasteiger partial charge is 0.456 e. The van der Waals surface area contributed by atoms with E-state index < -0.39 is 42.2 Å². The number of esters is 2. The van der Waals surface area contributed by atoms with E-state index in [0.717, 1.165) is 4.90 Å². The number of fused-ring (bicyclic) bond motifs is 1. The van der Waals surface area contributed by atoms with Crippen LogP contribution in [0.1, 0.15) is 47.0 Å². The first-order valence-electron chi connectivity index (χ1n) is 12.5. The van der Waals surface area contributed by atoms with Crippen LogP contribution in [0.15, 0.2) is 109 Å². The lowest BCUT2D eigenvalue weighted by Crippen LogP contribution is -2.47. The van der Waals surface area contributed by atoms with Crippen LogP contribution in [0.25, 0.3) is 0 Å². The molecule has 40 heavy (non-hydrogen) atoms. The van der Waals surface area contributed by atoms with E-state index in [1.54, 1.807) is 66.7 Å². The minimum Gasteiger partial charge on any atom is -0.456 e. The predicted octanol–water partition coefficient (Wildman–Crippen LogP) is 4.54. The van der Waals surface area contributed by atoms with Crippen molar-refractivity contribution in [2.24, 2.45) is 0 Å². The van der Waals surface area contributed by atoms with Crippen molar-refractivity contribution < 1.29 is 33.4 Å². The normalized spacial score (nSPS) is 12.9. The number of ketones is 1. The van der Waals surface area contributed by atoms with Gasteiger partial charge in [-0.25, -0.2) is 9.59 Å². The number of carbonyl (C=O) groups excluding carboxylic acids is 5. The monoisotopic (exact) mass is 533 g/mol. The van der Waals surface area contributed by atoms with Gasteiger partial charge >= 0.3 is 11.9 Å². The Morgan fingerprint density at radius 3 is 1.80 bits per heavy atom. The van der Waals surface area contributed by atoms with Crippen molar-refractivity contribution >= 4 is 29.5 Å². The van der Waals surface area contributed by atoms with Crippen LogP contribution in [-0.2, 0) is 16.0 Å². The Hall–Kier alpha value is -5.37. The zero-order valence-electron chi connectivity index (χ0n) is 21.2. The SMILES string of the molecule is O=C(COC(=O)C(Cc1ccccc1)N1C(=O)c2ccccc2C1=O)c1ccc(OC(=O)c2ccccc2)cc1. The molecule has 0 saturated carbocycles. The highest BCUT2D eigenvalue weighted by Gasteiger charge is 2.43. The molecule has 0 fully saturated rings. The van der Waals surface area contributed by atoms with Gasteiger partial charge in [0, 0.05) is 12.0 Å². The smallest absolute Gasteiger partial charge is 0.343 e. The molecule has 8 nitrogen and oxygen atoms in total. The highest BCUT2D eigenvalue weighted by atomic mass is 16.5. The van der Waals surface area contributed by atoms with Crippen molar-refractivity contribution in [3.63, 3.8) is 0 Å². The minimum absolute atomic E-state index is 0.0286. The van der Waals surface area contributed by atoms with E-state index in [9.17, 15) is 24.0 Å². The van der Waals surface area contributed by atoms with E-state index >= 15 is 0 Å². The van der Waals surface area contributed by atoms with E-state index in [-0.39, 0.29) is 28.9 Å². The fraction of sp³-hybridized carbons (Fsp3) is 0.0938. The first-order valence-corrected chi connectivity index (χ1v) is 12.5. The van der Waals surface area contributed by atoms with Crippen LogP contribution in [0.3, 0.4) is 0 Å². The number of rotatable bonds is 9. The van der Waals surface area contributed by atoms with Gasteiger partial charge in [0.05, 0.1) is 16.7 Å². The number of ether oxygens (including phenoxy) is 2. The molecule has 1 aliphatic rings. The second-order valence-electron chi connectivity index (χ2n) is 9.04. The molecule has 1 atom stereocenters. The van der Waals surface area contributed by atoms with Crippen molar-refractivity contribution in [3.05, 3.63) is 137 Å². The Morgan fingerprint density at radius 1 is 0.650 bits per heavy atom. The average Bonchev–Trinajstić information content (AvgIpc) is 3.25. The van der Waals surface area contributed by atoms with Crippen molar-refractivity contribution in [2.45, 2.75) is 12.5 Å². The minimum atomic E-state index is -1.26. The lowest BCUT2D eigenvalue weighted by atomic mass is 10.0. The summed E-state index contributed by atoms with van der Waals surface area (Å²) in [5.41, 5.74) is 1.75. The molecular formula is C32H23NO7. The van der Waals surface area contributed by atoms with Gasteiger partial charge in [0.15, 0.2) is 12.4 Å². The van der Waals surface area contributed by atoms with Crippen LogP contribution < -0.4 is 4.74 Å². The van der Waals surface area contributed by atoms with Gasteiger partial charge in [0.2, 0.25) is 0 Å². The van der Waals surface area contributed by atoms with Gasteiger partial charge in [-0.1, -0.05) is 60.7 Å². The topological polar surface area (TPSA) is 107 Å². The molecule has 8 heteroatoms. The molecule has 2 amide bonds. The Bertz CT molecular complexity index is 1550. The zero-order chi connectivity index (χ0) is 28.1. The van der Waals surface area contributed by atoms with E-state index in [4.69, 9.17) is 9.47 Å². The second kappa shape index (κ2) is 11.6. The summed E-state index contributed by atoms with van der Waals surface area (Å²) in [4.78, 5) is 65.4. The van der Waals surface area contributed by atoms with Crippen molar-refractivity contribution in [3.8, 4) is 5.75 Å². The molecule has 0 N–H and O–H groups in total. The van der Waals surface area contributed by atoms with Gasteiger partial charge in [0.1, 0.15) is 11.8 Å². The summed E-state index contributed by atoms with van der Waals surface area (Å²) in [5, 5.41) is 0. The molecule has 1 heterocycles. The standard InChI is InChI=1S/C32H23NO7/c34-28(22-15-17-24(18-16-22)40-31(37)23-11-5-2-6-12-23)20-39-32(38)27(19-21-9-3-1-4-10-21)33-29(35)25-13-7-8-14-26(25)30(33)36/h1-18,27H,19-20H2. The molecule has 0 aromatic heterocycles. The molecule has 4 aromatic carbocycles. The number of benzene rings is 4. The first-order chi connectivity index (χ1) is 19.4. The summed E-state index contributed by atoms with van der Waals surface area (Å²) in [6.07, 6.45) is 0.0286. The molecule has 0 spiro atoms. The second-order valence-corrected chi connectivity index (χ2v) is 9.04. The molecule has 0 aliphatic carbocycles. The molecule has 1 aliphatic heterocycles. The summed E-state index contributed by atoms with van der Waals surface area (Å²) in [6.45, 7) is -0.601. The summed E-state index contributed by atoms with van der Waals surface area (Å²) < 4.78 is 10.7. The number of amides is 2. The molecule has 0 saturated heterocycles. The maximum atomic E-state index is 13.2. The number of imide groups is 1. The quantitative estimate of drug-likeness (QED) is 0.135. The van der Waals surface area contributed by atoms with Gasteiger partial charge in [-0.2, -0.15) is 0 Å². The predicted molar refractivity (Wildman–Crippen MR) is 144 cm³/mol. The molecular weight excluding hydrogens is 510 g/mol. The third-order valence-corrected chi connectivity index (χ3v) is 6.42. The summed E-state index contributed by atoms with van der Waals surface area (Å²) >= 11 is 0. The Morgan fingerprint density at radius 2 is 1.20 bits per heavy atom. The molecule has 0 bridgehead atoms. The molecule has 4 aromatic rings. The number of nitrogens with zero attached hydrogens (tertiary/aromatic N) is 1. The van der Waals surface area contributed by atoms with Crippen LogP contribution in [0.4, 0.5) is 0 Å². The summed E-state index contributed by atoms with van der Waals surface area (Å²) in [7, 11) is 0. The van der Waals surface area contributed by atoms with Gasteiger partial charge in [0.25, 0.3) is 11.8 Å². The average molecular weight is 534 g/mol. The first kappa shape index (κ1) is 26.2. The van der Waals surface area contributed by atoms with Crippen LogP contribution in [0.5, 0.6) is 5.75 Å².